The molecule has 10 nitrogen and oxygen atoms in total. The summed E-state index contributed by atoms with van der Waals surface area (Å²) >= 11 is 0. The van der Waals surface area contributed by atoms with Crippen molar-refractivity contribution in [3.63, 3.8) is 0 Å². The quantitative estimate of drug-likeness (QED) is 0.405. The Balaban J connectivity index is 1.51. The number of carbonyl (C=O) groups is 1. The lowest BCUT2D eigenvalue weighted by Gasteiger charge is -2.31. The van der Waals surface area contributed by atoms with Crippen LogP contribution in [0.1, 0.15) is 32.3 Å². The van der Waals surface area contributed by atoms with E-state index in [0.29, 0.717) is 12.2 Å². The van der Waals surface area contributed by atoms with E-state index < -0.39 is 34.4 Å². The summed E-state index contributed by atoms with van der Waals surface area (Å²) in [5.74, 6) is 0.540. The van der Waals surface area contributed by atoms with Crippen LogP contribution in [-0.4, -0.2) is 81.4 Å². The van der Waals surface area contributed by atoms with Crippen LogP contribution in [0.2, 0.25) is 0 Å². The molecule has 2 aromatic rings. The first kappa shape index (κ1) is 29.3. The highest BCUT2D eigenvalue weighted by atomic mass is 32.2. The van der Waals surface area contributed by atoms with Crippen LogP contribution in [0.4, 0.5) is 4.79 Å². The number of carbonyl (C=O) groups excluding carboxylic acids is 1. The third kappa shape index (κ3) is 7.49. The lowest BCUT2D eigenvalue weighted by molar-refractivity contribution is -0.0195. The number of benzene rings is 2. The van der Waals surface area contributed by atoms with Crippen molar-refractivity contribution in [3.8, 4) is 5.75 Å². The van der Waals surface area contributed by atoms with Gasteiger partial charge >= 0.3 is 6.09 Å². The summed E-state index contributed by atoms with van der Waals surface area (Å²) in [6.45, 7) is 3.97. The number of aliphatic hydroxyl groups excluding tert-OH is 1. The summed E-state index contributed by atoms with van der Waals surface area (Å²) in [5.41, 5.74) is 0.878. The first-order valence-electron chi connectivity index (χ1n) is 13.2. The average Bonchev–Trinajstić information content (AvgIpc) is 3.53. The maximum absolute atomic E-state index is 13.6. The Morgan fingerprint density at radius 2 is 1.79 bits per heavy atom. The molecular formula is C28H38N2O8S. The van der Waals surface area contributed by atoms with Crippen molar-refractivity contribution >= 4 is 16.1 Å². The van der Waals surface area contributed by atoms with Crippen molar-refractivity contribution < 1.29 is 37.3 Å². The Morgan fingerprint density at radius 3 is 2.46 bits per heavy atom. The van der Waals surface area contributed by atoms with Crippen molar-refractivity contribution in [2.75, 3.05) is 27.0 Å². The lowest BCUT2D eigenvalue weighted by Crippen LogP contribution is -2.51. The first-order valence-corrected chi connectivity index (χ1v) is 14.7. The molecule has 1 aliphatic carbocycles. The van der Waals surface area contributed by atoms with Crippen LogP contribution in [0.15, 0.2) is 59.5 Å². The zero-order chi connectivity index (χ0) is 28.0. The molecular weight excluding hydrogens is 524 g/mol. The van der Waals surface area contributed by atoms with Gasteiger partial charge in [-0.25, -0.2) is 13.2 Å². The van der Waals surface area contributed by atoms with Gasteiger partial charge in [0.2, 0.25) is 10.0 Å². The largest absolute Gasteiger partial charge is 0.497 e. The second-order valence-electron chi connectivity index (χ2n) is 10.4. The Hall–Kier alpha value is -2.70. The number of hydrogen-bond acceptors (Lipinski definition) is 8. The number of nitrogens with zero attached hydrogens (tertiary/aromatic N) is 1. The molecule has 11 heteroatoms. The molecule has 1 saturated carbocycles. The highest BCUT2D eigenvalue weighted by molar-refractivity contribution is 7.89. The van der Waals surface area contributed by atoms with Crippen LogP contribution in [0.5, 0.6) is 5.75 Å². The van der Waals surface area contributed by atoms with E-state index in [9.17, 15) is 18.3 Å². The van der Waals surface area contributed by atoms with Gasteiger partial charge in [-0.05, 0) is 55.0 Å². The smallest absolute Gasteiger partial charge is 0.407 e. The average molecular weight is 563 g/mol. The molecule has 1 aliphatic heterocycles. The van der Waals surface area contributed by atoms with Crippen LogP contribution in [-0.2, 0) is 30.7 Å². The van der Waals surface area contributed by atoms with Gasteiger partial charge in [-0.15, -0.1) is 0 Å². The third-order valence-corrected chi connectivity index (χ3v) is 8.84. The van der Waals surface area contributed by atoms with E-state index in [1.807, 2.05) is 44.2 Å². The Bertz CT molecular complexity index is 1180. The maximum atomic E-state index is 13.6. The number of aliphatic hydroxyl groups is 1. The molecule has 0 aromatic heterocycles. The molecule has 2 aromatic carbocycles. The van der Waals surface area contributed by atoms with Gasteiger partial charge in [0, 0.05) is 13.1 Å². The van der Waals surface area contributed by atoms with Gasteiger partial charge in [-0.3, -0.25) is 0 Å². The molecule has 0 radical (unpaired) electrons. The summed E-state index contributed by atoms with van der Waals surface area (Å²) in [5, 5.41) is 14.2. The van der Waals surface area contributed by atoms with Gasteiger partial charge in [-0.2, -0.15) is 4.31 Å². The van der Waals surface area contributed by atoms with Crippen LogP contribution < -0.4 is 10.1 Å². The molecule has 4 rings (SSSR count). The standard InChI is InChI=1S/C28H38N2O8S/c1-19(2)16-30(39(33,34)22-11-9-21(35-3)10-12-22)17-24(31)23(15-20-7-5-4-6-8-20)29-28(32)38-26-14-13-25-27(26)37-18-36-25/h4-12,19,23-27,31H,13-18H2,1-3H3,(H,29,32)/t23-,24+,25+,26-,27+/m0/s1. The summed E-state index contributed by atoms with van der Waals surface area (Å²) in [6.07, 6.45) is -1.09. The van der Waals surface area contributed by atoms with Gasteiger partial charge < -0.3 is 29.4 Å². The van der Waals surface area contributed by atoms with E-state index in [-0.39, 0.29) is 49.3 Å². The van der Waals surface area contributed by atoms with Gasteiger partial charge in [0.05, 0.1) is 30.3 Å². The summed E-state index contributed by atoms with van der Waals surface area (Å²) in [6, 6.07) is 14.7. The second kappa shape index (κ2) is 13.1. The molecule has 1 heterocycles. The molecule has 1 amide bonds. The van der Waals surface area contributed by atoms with Crippen molar-refractivity contribution in [1.29, 1.82) is 0 Å². The lowest BCUT2D eigenvalue weighted by atomic mass is 10.0. The first-order chi connectivity index (χ1) is 18.7. The van der Waals surface area contributed by atoms with Crippen molar-refractivity contribution in [3.05, 3.63) is 60.2 Å². The Kier molecular flexibility index (Phi) is 9.84. The molecule has 0 unspecified atom stereocenters. The number of methoxy groups -OCH3 is 1. The highest BCUT2D eigenvalue weighted by Gasteiger charge is 2.44. The topological polar surface area (TPSA) is 124 Å². The molecule has 5 atom stereocenters. The zero-order valence-corrected chi connectivity index (χ0v) is 23.4. The monoisotopic (exact) mass is 562 g/mol. The molecule has 39 heavy (non-hydrogen) atoms. The van der Waals surface area contributed by atoms with E-state index in [2.05, 4.69) is 5.32 Å². The Morgan fingerprint density at radius 1 is 1.08 bits per heavy atom. The van der Waals surface area contributed by atoms with Crippen LogP contribution >= 0.6 is 0 Å². The maximum Gasteiger partial charge on any atom is 0.407 e. The molecule has 1 saturated heterocycles. The molecule has 0 spiro atoms. The van der Waals surface area contributed by atoms with Gasteiger partial charge in [0.25, 0.3) is 0 Å². The number of amides is 1. The number of alkyl carbamates (subject to hydrolysis) is 1. The van der Waals surface area contributed by atoms with Gasteiger partial charge in [-0.1, -0.05) is 44.2 Å². The third-order valence-electron chi connectivity index (χ3n) is 6.99. The number of sulfonamides is 1. The van der Waals surface area contributed by atoms with E-state index in [4.69, 9.17) is 18.9 Å². The normalized spacial score (nSPS) is 22.5. The predicted octanol–water partition coefficient (Wildman–Crippen LogP) is 2.94. The SMILES string of the molecule is COc1ccc(S(=O)(=O)N(CC(C)C)C[C@@H](O)[C@H](Cc2ccccc2)NC(=O)O[C@H]2CC[C@H]3OCO[C@@H]23)cc1. The van der Waals surface area contributed by atoms with E-state index >= 15 is 0 Å². The summed E-state index contributed by atoms with van der Waals surface area (Å²) in [4.78, 5) is 13.0. The molecule has 2 aliphatic rings. The minimum atomic E-state index is -3.94. The molecule has 2 N–H and O–H groups in total. The van der Waals surface area contributed by atoms with Crippen molar-refractivity contribution in [1.82, 2.24) is 9.62 Å². The fourth-order valence-electron chi connectivity index (χ4n) is 5.01. The minimum absolute atomic E-state index is 0.000311. The highest BCUT2D eigenvalue weighted by Crippen LogP contribution is 2.32. The minimum Gasteiger partial charge on any atom is -0.497 e. The fraction of sp³-hybridized carbons (Fsp3) is 0.536. The van der Waals surface area contributed by atoms with Crippen LogP contribution in [0.25, 0.3) is 0 Å². The van der Waals surface area contributed by atoms with Gasteiger partial charge in [0.15, 0.2) is 0 Å². The molecule has 2 fully saturated rings. The Labute approximate surface area is 230 Å². The van der Waals surface area contributed by atoms with Crippen molar-refractivity contribution in [2.45, 2.75) is 68.5 Å². The van der Waals surface area contributed by atoms with E-state index in [0.717, 1.165) is 12.0 Å². The summed E-state index contributed by atoms with van der Waals surface area (Å²) in [7, 11) is -2.43. The van der Waals surface area contributed by atoms with Crippen LogP contribution in [0, 0.1) is 5.92 Å². The van der Waals surface area contributed by atoms with Gasteiger partial charge in [0.1, 0.15) is 24.8 Å². The number of ether oxygens (including phenoxy) is 4. The molecule has 214 valence electrons. The van der Waals surface area contributed by atoms with Crippen LogP contribution in [0.3, 0.4) is 0 Å². The molecule has 0 bridgehead atoms. The van der Waals surface area contributed by atoms with E-state index in [1.54, 1.807) is 12.1 Å². The zero-order valence-electron chi connectivity index (χ0n) is 22.6. The number of fused-ring (bicyclic) bond motifs is 1. The van der Waals surface area contributed by atoms with E-state index in [1.165, 1.54) is 23.5 Å². The fourth-order valence-corrected chi connectivity index (χ4v) is 6.63. The second-order valence-corrected chi connectivity index (χ2v) is 12.3. The number of nitrogens with one attached hydrogen (secondary N) is 1. The number of rotatable bonds is 12. The predicted molar refractivity (Wildman–Crippen MR) is 144 cm³/mol. The summed E-state index contributed by atoms with van der Waals surface area (Å²) < 4.78 is 50.3. The number of hydrogen-bond donors (Lipinski definition) is 2. The van der Waals surface area contributed by atoms with Crippen molar-refractivity contribution in [2.24, 2.45) is 5.92 Å².